The van der Waals surface area contributed by atoms with Gasteiger partial charge in [0.2, 0.25) is 0 Å². The summed E-state index contributed by atoms with van der Waals surface area (Å²) in [4.78, 5) is 0. The van der Waals surface area contributed by atoms with Crippen LogP contribution in [-0.4, -0.2) is 10.2 Å². The minimum atomic E-state index is -4.53. The quantitative estimate of drug-likeness (QED) is 0.844. The number of nitrogens with two attached hydrogens (primary N) is 1. The summed E-state index contributed by atoms with van der Waals surface area (Å²) in [5, 5.41) is 7.01. The molecule has 0 saturated heterocycles. The van der Waals surface area contributed by atoms with E-state index in [1.54, 1.807) is 0 Å². The second kappa shape index (κ2) is 4.21. The van der Waals surface area contributed by atoms with Crippen LogP contribution in [0, 0.1) is 0 Å². The minimum absolute atomic E-state index is 0.0157. The van der Waals surface area contributed by atoms with E-state index < -0.39 is 11.7 Å². The molecule has 0 aliphatic rings. The van der Waals surface area contributed by atoms with Gasteiger partial charge in [0.15, 0.2) is 0 Å². The van der Waals surface area contributed by atoms with Crippen LogP contribution in [0.25, 0.3) is 0 Å². The predicted molar refractivity (Wildman–Crippen MR) is 55.8 cm³/mol. The van der Waals surface area contributed by atoms with Crippen molar-refractivity contribution in [3.63, 3.8) is 0 Å². The number of benzene rings is 1. The molecule has 0 radical (unpaired) electrons. The van der Waals surface area contributed by atoms with Gasteiger partial charge in [-0.2, -0.15) is 13.2 Å². The van der Waals surface area contributed by atoms with E-state index in [9.17, 15) is 13.2 Å². The maximum Gasteiger partial charge on any atom is 0.420 e. The maximum atomic E-state index is 12.7. The Bertz CT molecular complexity index is 513. The summed E-state index contributed by atoms with van der Waals surface area (Å²) in [6, 6.07) is 3.29. The van der Waals surface area contributed by atoms with Crippen molar-refractivity contribution in [1.29, 1.82) is 0 Å². The number of alkyl halides is 3. The molecule has 2 rings (SSSR count). The molecule has 2 aromatic rings. The third kappa shape index (κ3) is 2.64. The smallest absolute Gasteiger partial charge is 0.420 e. The Morgan fingerprint density at radius 3 is 2.65 bits per heavy atom. The Morgan fingerprint density at radius 2 is 2.06 bits per heavy atom. The van der Waals surface area contributed by atoms with Crippen molar-refractivity contribution >= 4 is 17.0 Å². The van der Waals surface area contributed by atoms with Crippen molar-refractivity contribution in [3.05, 3.63) is 29.3 Å². The second-order valence-electron chi connectivity index (χ2n) is 3.06. The zero-order valence-corrected chi connectivity index (χ0v) is 9.05. The van der Waals surface area contributed by atoms with Gasteiger partial charge >= 0.3 is 6.18 Å². The lowest BCUT2D eigenvalue weighted by Gasteiger charge is -2.12. The van der Waals surface area contributed by atoms with Gasteiger partial charge in [-0.15, -0.1) is 5.10 Å². The van der Waals surface area contributed by atoms with Crippen LogP contribution < -0.4 is 10.5 Å². The fourth-order valence-corrected chi connectivity index (χ4v) is 1.58. The Morgan fingerprint density at radius 1 is 1.29 bits per heavy atom. The van der Waals surface area contributed by atoms with Crippen molar-refractivity contribution in [3.8, 4) is 10.9 Å². The number of ether oxygens (including phenoxy) is 1. The average molecular weight is 261 g/mol. The van der Waals surface area contributed by atoms with Gasteiger partial charge in [-0.25, -0.2) is 0 Å². The molecule has 1 heterocycles. The van der Waals surface area contributed by atoms with Gasteiger partial charge in [-0.1, -0.05) is 16.4 Å². The molecular weight excluding hydrogens is 255 g/mol. The Hall–Kier alpha value is -1.83. The number of hydrogen-bond acceptors (Lipinski definition) is 5. The van der Waals surface area contributed by atoms with Crippen molar-refractivity contribution in [2.45, 2.75) is 6.18 Å². The van der Waals surface area contributed by atoms with Gasteiger partial charge in [0.05, 0.1) is 0 Å². The van der Waals surface area contributed by atoms with Crippen LogP contribution in [0.2, 0.25) is 0 Å². The van der Waals surface area contributed by atoms with E-state index in [0.29, 0.717) is 0 Å². The van der Waals surface area contributed by atoms with Crippen LogP contribution in [0.5, 0.6) is 10.9 Å². The van der Waals surface area contributed by atoms with Crippen LogP contribution in [0.15, 0.2) is 23.7 Å². The largest absolute Gasteiger partial charge is 0.429 e. The van der Waals surface area contributed by atoms with E-state index >= 15 is 0 Å². The second-order valence-corrected chi connectivity index (χ2v) is 3.86. The Balaban J connectivity index is 2.40. The van der Waals surface area contributed by atoms with Crippen LogP contribution >= 0.6 is 11.3 Å². The molecule has 90 valence electrons. The van der Waals surface area contributed by atoms with Gasteiger partial charge in [-0.05, 0) is 18.2 Å². The van der Waals surface area contributed by atoms with Crippen LogP contribution in [0.3, 0.4) is 0 Å². The van der Waals surface area contributed by atoms with Gasteiger partial charge in [0.1, 0.15) is 16.8 Å². The van der Waals surface area contributed by atoms with E-state index in [4.69, 9.17) is 10.5 Å². The lowest BCUT2D eigenvalue weighted by molar-refractivity contribution is -0.138. The lowest BCUT2D eigenvalue weighted by Crippen LogP contribution is -2.08. The molecule has 0 amide bonds. The summed E-state index contributed by atoms with van der Waals surface area (Å²) >= 11 is 0.998. The highest BCUT2D eigenvalue weighted by Crippen LogP contribution is 2.39. The first-order valence-corrected chi connectivity index (χ1v) is 5.25. The molecule has 1 aromatic heterocycles. The molecular formula is C9H6F3N3OS. The molecule has 0 bridgehead atoms. The number of anilines is 1. The number of halogens is 3. The number of hydrogen-bond donors (Lipinski definition) is 1. The minimum Gasteiger partial charge on any atom is -0.429 e. The van der Waals surface area contributed by atoms with Crippen LogP contribution in [-0.2, 0) is 6.18 Å². The molecule has 1 aromatic carbocycles. The van der Waals surface area contributed by atoms with Gasteiger partial charge in [0.25, 0.3) is 5.19 Å². The van der Waals surface area contributed by atoms with Crippen molar-refractivity contribution in [2.24, 2.45) is 0 Å². The maximum absolute atomic E-state index is 12.7. The summed E-state index contributed by atoms with van der Waals surface area (Å²) in [7, 11) is 0. The summed E-state index contributed by atoms with van der Waals surface area (Å²) in [6.45, 7) is 0. The van der Waals surface area contributed by atoms with Crippen molar-refractivity contribution in [2.75, 3.05) is 5.73 Å². The SMILES string of the molecule is Nc1ccc(Oc2nncs2)c(C(F)(F)F)c1. The molecule has 0 spiro atoms. The van der Waals surface area contributed by atoms with Crippen LogP contribution in [0.4, 0.5) is 18.9 Å². The van der Waals surface area contributed by atoms with Gasteiger partial charge < -0.3 is 10.5 Å². The van der Waals surface area contributed by atoms with Crippen LogP contribution in [0.1, 0.15) is 5.56 Å². The third-order valence-corrected chi connectivity index (χ3v) is 2.41. The van der Waals surface area contributed by atoms with E-state index in [-0.39, 0.29) is 16.6 Å². The highest BCUT2D eigenvalue weighted by molar-refractivity contribution is 7.11. The number of nitrogen functional groups attached to an aromatic ring is 1. The monoisotopic (exact) mass is 261 g/mol. The molecule has 17 heavy (non-hydrogen) atoms. The summed E-state index contributed by atoms with van der Waals surface area (Å²) in [5.41, 5.74) is 5.76. The number of rotatable bonds is 2. The average Bonchev–Trinajstić information content (AvgIpc) is 2.72. The van der Waals surface area contributed by atoms with E-state index in [0.717, 1.165) is 23.5 Å². The topological polar surface area (TPSA) is 61.0 Å². The molecule has 0 unspecified atom stereocenters. The summed E-state index contributed by atoms with van der Waals surface area (Å²) in [5.74, 6) is -0.344. The molecule has 0 fully saturated rings. The standard InChI is InChI=1S/C9H6F3N3OS/c10-9(11,12)6-3-5(13)1-2-7(6)16-8-15-14-4-17-8/h1-4H,13H2. The molecule has 0 aliphatic heterocycles. The van der Waals surface area contributed by atoms with Gasteiger partial charge in [0, 0.05) is 5.69 Å². The third-order valence-electron chi connectivity index (χ3n) is 1.85. The van der Waals surface area contributed by atoms with Crippen molar-refractivity contribution < 1.29 is 17.9 Å². The Kier molecular flexibility index (Phi) is 2.88. The van der Waals surface area contributed by atoms with Crippen molar-refractivity contribution in [1.82, 2.24) is 10.2 Å². The summed E-state index contributed by atoms with van der Waals surface area (Å²) < 4.78 is 43.1. The predicted octanol–water partition coefficient (Wildman–Crippen LogP) is 2.93. The van der Waals surface area contributed by atoms with E-state index in [1.807, 2.05) is 0 Å². The lowest BCUT2D eigenvalue weighted by atomic mass is 10.1. The highest BCUT2D eigenvalue weighted by Gasteiger charge is 2.35. The molecule has 0 atom stereocenters. The van der Waals surface area contributed by atoms with Gasteiger partial charge in [-0.3, -0.25) is 0 Å². The fraction of sp³-hybridized carbons (Fsp3) is 0.111. The summed E-state index contributed by atoms with van der Waals surface area (Å²) in [6.07, 6.45) is -4.53. The Labute approximate surface area is 97.9 Å². The molecule has 8 heteroatoms. The zero-order valence-electron chi connectivity index (χ0n) is 8.23. The molecule has 0 saturated carbocycles. The molecule has 0 aliphatic carbocycles. The normalized spacial score (nSPS) is 11.5. The highest BCUT2D eigenvalue weighted by atomic mass is 32.1. The number of aromatic nitrogens is 2. The first kappa shape index (κ1) is 11.6. The molecule has 2 N–H and O–H groups in total. The number of nitrogens with zero attached hydrogens (tertiary/aromatic N) is 2. The van der Waals surface area contributed by atoms with E-state index in [2.05, 4.69) is 10.2 Å². The zero-order chi connectivity index (χ0) is 12.5. The first-order valence-electron chi connectivity index (χ1n) is 4.37. The first-order chi connectivity index (χ1) is 7.97. The fourth-order valence-electron chi connectivity index (χ4n) is 1.16. The van der Waals surface area contributed by atoms with E-state index in [1.165, 1.54) is 11.6 Å². The molecule has 4 nitrogen and oxygen atoms in total.